The number of nitrogens with zero attached hydrogens (tertiary/aromatic N) is 1. The lowest BCUT2D eigenvalue weighted by Gasteiger charge is -2.31. The van der Waals surface area contributed by atoms with Crippen LogP contribution in [0.1, 0.15) is 24.0 Å². The van der Waals surface area contributed by atoms with Gasteiger partial charge in [0.25, 0.3) is 0 Å². The number of ether oxygens (including phenoxy) is 1. The Hall–Kier alpha value is -1.59. The largest absolute Gasteiger partial charge is 0.496 e. The molecule has 1 unspecified atom stereocenters. The fourth-order valence-corrected chi connectivity index (χ4v) is 2.78. The molecule has 1 atom stereocenters. The molecule has 5 nitrogen and oxygen atoms in total. The molecule has 5 heteroatoms. The van der Waals surface area contributed by atoms with Crippen molar-refractivity contribution >= 4 is 5.91 Å². The summed E-state index contributed by atoms with van der Waals surface area (Å²) in [5.41, 5.74) is 13.3. The Kier molecular flexibility index (Phi) is 4.98. The summed E-state index contributed by atoms with van der Waals surface area (Å²) < 4.78 is 5.27. The summed E-state index contributed by atoms with van der Waals surface area (Å²) >= 11 is 0. The monoisotopic (exact) mass is 277 g/mol. The van der Waals surface area contributed by atoms with Gasteiger partial charge >= 0.3 is 0 Å². The zero-order valence-electron chi connectivity index (χ0n) is 12.0. The maximum atomic E-state index is 11.3. The molecule has 1 aliphatic heterocycles. The van der Waals surface area contributed by atoms with Crippen molar-refractivity contribution in [2.45, 2.75) is 25.9 Å². The summed E-state index contributed by atoms with van der Waals surface area (Å²) in [7, 11) is 1.65. The number of methoxy groups -OCH3 is 1. The Bertz CT molecular complexity index is 476. The second kappa shape index (κ2) is 6.72. The maximum Gasteiger partial charge on any atom is 0.221 e. The van der Waals surface area contributed by atoms with E-state index < -0.39 is 0 Å². The van der Waals surface area contributed by atoms with E-state index in [-0.39, 0.29) is 11.8 Å². The number of benzene rings is 1. The fourth-order valence-electron chi connectivity index (χ4n) is 2.78. The van der Waals surface area contributed by atoms with Gasteiger partial charge in [-0.1, -0.05) is 6.07 Å². The molecule has 1 amide bonds. The third kappa shape index (κ3) is 3.49. The van der Waals surface area contributed by atoms with Crippen molar-refractivity contribution in [1.82, 2.24) is 4.90 Å². The first kappa shape index (κ1) is 14.8. The molecule has 1 saturated heterocycles. The number of hydrogen-bond donors (Lipinski definition) is 2. The van der Waals surface area contributed by atoms with E-state index in [1.807, 2.05) is 12.1 Å². The van der Waals surface area contributed by atoms with Crippen LogP contribution in [-0.2, 0) is 17.9 Å². The van der Waals surface area contributed by atoms with Crippen LogP contribution in [0.25, 0.3) is 0 Å². The number of primary amides is 1. The Labute approximate surface area is 119 Å². The van der Waals surface area contributed by atoms with Gasteiger partial charge in [0.15, 0.2) is 0 Å². The van der Waals surface area contributed by atoms with Crippen molar-refractivity contribution in [2.75, 3.05) is 20.2 Å². The van der Waals surface area contributed by atoms with Crippen LogP contribution in [0, 0.1) is 5.92 Å². The number of amides is 1. The van der Waals surface area contributed by atoms with E-state index in [0.717, 1.165) is 43.8 Å². The maximum absolute atomic E-state index is 11.3. The fraction of sp³-hybridized carbons (Fsp3) is 0.533. The Morgan fingerprint density at radius 2 is 2.30 bits per heavy atom. The van der Waals surface area contributed by atoms with Gasteiger partial charge in [0.1, 0.15) is 5.75 Å². The van der Waals surface area contributed by atoms with Gasteiger partial charge in [0, 0.05) is 25.2 Å². The van der Waals surface area contributed by atoms with Gasteiger partial charge in [-0.2, -0.15) is 0 Å². The number of rotatable bonds is 5. The molecule has 0 aromatic heterocycles. The zero-order chi connectivity index (χ0) is 14.5. The summed E-state index contributed by atoms with van der Waals surface area (Å²) in [4.78, 5) is 13.6. The molecule has 0 radical (unpaired) electrons. The molecular formula is C15H23N3O2. The van der Waals surface area contributed by atoms with E-state index in [0.29, 0.717) is 6.54 Å². The smallest absolute Gasteiger partial charge is 0.221 e. The van der Waals surface area contributed by atoms with E-state index in [1.165, 1.54) is 5.56 Å². The first-order chi connectivity index (χ1) is 9.63. The van der Waals surface area contributed by atoms with Gasteiger partial charge in [-0.3, -0.25) is 9.69 Å². The molecule has 0 aliphatic carbocycles. The molecule has 1 aromatic carbocycles. The molecule has 110 valence electrons. The zero-order valence-corrected chi connectivity index (χ0v) is 12.0. The SMILES string of the molecule is COc1ccc(CN2CCCC(C(N)=O)C2)cc1CN. The van der Waals surface area contributed by atoms with Crippen molar-refractivity contribution in [1.29, 1.82) is 0 Å². The van der Waals surface area contributed by atoms with E-state index in [1.54, 1.807) is 7.11 Å². The molecule has 1 aliphatic rings. The van der Waals surface area contributed by atoms with Crippen LogP contribution >= 0.6 is 0 Å². The number of piperidine rings is 1. The predicted molar refractivity (Wildman–Crippen MR) is 78.1 cm³/mol. The molecule has 4 N–H and O–H groups in total. The number of carbonyl (C=O) groups excluding carboxylic acids is 1. The minimum atomic E-state index is -0.188. The van der Waals surface area contributed by atoms with Crippen molar-refractivity contribution in [2.24, 2.45) is 17.4 Å². The molecule has 1 heterocycles. The van der Waals surface area contributed by atoms with E-state index >= 15 is 0 Å². The number of carbonyl (C=O) groups is 1. The lowest BCUT2D eigenvalue weighted by Crippen LogP contribution is -2.40. The number of nitrogens with two attached hydrogens (primary N) is 2. The van der Waals surface area contributed by atoms with Crippen molar-refractivity contribution in [3.05, 3.63) is 29.3 Å². The lowest BCUT2D eigenvalue weighted by molar-refractivity contribution is -0.123. The second-order valence-electron chi connectivity index (χ2n) is 5.33. The van der Waals surface area contributed by atoms with Crippen LogP contribution in [0.4, 0.5) is 0 Å². The first-order valence-electron chi connectivity index (χ1n) is 7.01. The van der Waals surface area contributed by atoms with Crippen molar-refractivity contribution in [3.63, 3.8) is 0 Å². The third-order valence-corrected chi connectivity index (χ3v) is 3.88. The highest BCUT2D eigenvalue weighted by Gasteiger charge is 2.23. The normalized spacial score (nSPS) is 19.8. The second-order valence-corrected chi connectivity index (χ2v) is 5.33. The van der Waals surface area contributed by atoms with E-state index in [2.05, 4.69) is 11.0 Å². The summed E-state index contributed by atoms with van der Waals surface area (Å²) in [6.45, 7) is 3.04. The third-order valence-electron chi connectivity index (χ3n) is 3.88. The highest BCUT2D eigenvalue weighted by atomic mass is 16.5. The minimum absolute atomic E-state index is 0.0176. The predicted octanol–water partition coefficient (Wildman–Crippen LogP) is 0.851. The number of likely N-dealkylation sites (tertiary alicyclic amines) is 1. The quantitative estimate of drug-likeness (QED) is 0.836. The molecule has 0 spiro atoms. The average molecular weight is 277 g/mol. The van der Waals surface area contributed by atoms with Gasteiger partial charge in [-0.05, 0) is 37.1 Å². The van der Waals surface area contributed by atoms with Crippen LogP contribution < -0.4 is 16.2 Å². The highest BCUT2D eigenvalue weighted by Crippen LogP contribution is 2.22. The molecular weight excluding hydrogens is 254 g/mol. The molecule has 0 saturated carbocycles. The lowest BCUT2D eigenvalue weighted by atomic mass is 9.97. The van der Waals surface area contributed by atoms with Gasteiger partial charge in [-0.15, -0.1) is 0 Å². The Balaban J connectivity index is 2.04. The Morgan fingerprint density at radius 1 is 1.50 bits per heavy atom. The van der Waals surface area contributed by atoms with Crippen molar-refractivity contribution < 1.29 is 9.53 Å². The molecule has 2 rings (SSSR count). The molecule has 20 heavy (non-hydrogen) atoms. The summed E-state index contributed by atoms with van der Waals surface area (Å²) in [6.07, 6.45) is 1.93. The first-order valence-corrected chi connectivity index (χ1v) is 7.01. The van der Waals surface area contributed by atoms with Gasteiger partial charge in [0.2, 0.25) is 5.91 Å². The van der Waals surface area contributed by atoms with Crippen LogP contribution in [-0.4, -0.2) is 31.0 Å². The van der Waals surface area contributed by atoms with Crippen LogP contribution in [0.3, 0.4) is 0 Å². The summed E-state index contributed by atoms with van der Waals surface area (Å²) in [5.74, 6) is 0.618. The summed E-state index contributed by atoms with van der Waals surface area (Å²) in [6, 6.07) is 6.08. The van der Waals surface area contributed by atoms with Crippen molar-refractivity contribution in [3.8, 4) is 5.75 Å². The van der Waals surface area contributed by atoms with Gasteiger partial charge in [0.05, 0.1) is 13.0 Å². The van der Waals surface area contributed by atoms with Gasteiger partial charge in [-0.25, -0.2) is 0 Å². The van der Waals surface area contributed by atoms with Crippen LogP contribution in [0.2, 0.25) is 0 Å². The molecule has 1 aromatic rings. The van der Waals surface area contributed by atoms with E-state index in [4.69, 9.17) is 16.2 Å². The minimum Gasteiger partial charge on any atom is -0.496 e. The van der Waals surface area contributed by atoms with Crippen LogP contribution in [0.15, 0.2) is 18.2 Å². The van der Waals surface area contributed by atoms with E-state index in [9.17, 15) is 4.79 Å². The summed E-state index contributed by atoms with van der Waals surface area (Å²) in [5, 5.41) is 0. The Morgan fingerprint density at radius 3 is 2.95 bits per heavy atom. The van der Waals surface area contributed by atoms with Gasteiger partial charge < -0.3 is 16.2 Å². The van der Waals surface area contributed by atoms with Crippen LogP contribution in [0.5, 0.6) is 5.75 Å². The topological polar surface area (TPSA) is 81.6 Å². The average Bonchev–Trinajstić information content (AvgIpc) is 2.47. The number of hydrogen-bond acceptors (Lipinski definition) is 4. The molecule has 1 fully saturated rings. The highest BCUT2D eigenvalue weighted by molar-refractivity contribution is 5.76. The standard InChI is InChI=1S/C15H23N3O2/c1-20-14-5-4-11(7-13(14)8-16)9-18-6-2-3-12(10-18)15(17)19/h4-5,7,12H,2-3,6,8-10,16H2,1H3,(H2,17,19). The molecule has 0 bridgehead atoms.